The third kappa shape index (κ3) is 5.10. The third-order valence-electron chi connectivity index (χ3n) is 3.66. The van der Waals surface area contributed by atoms with Gasteiger partial charge in [-0.05, 0) is 11.1 Å². The molecule has 23 heavy (non-hydrogen) atoms. The Bertz CT molecular complexity index is 625. The summed E-state index contributed by atoms with van der Waals surface area (Å²) in [4.78, 5) is 10.7. The first-order valence-electron chi connectivity index (χ1n) is 7.35. The van der Waals surface area contributed by atoms with Gasteiger partial charge in [0.05, 0.1) is 13.1 Å². The minimum atomic E-state index is 0. The van der Waals surface area contributed by atoms with Crippen molar-refractivity contribution in [1.82, 2.24) is 19.7 Å². The van der Waals surface area contributed by atoms with Gasteiger partial charge in [0.15, 0.2) is 5.96 Å². The van der Waals surface area contributed by atoms with Crippen LogP contribution in [0.4, 0.5) is 0 Å². The van der Waals surface area contributed by atoms with Gasteiger partial charge in [-0.15, -0.1) is 24.0 Å². The maximum Gasteiger partial charge on any atom is 0.191 e. The number of hydrogen-bond acceptors (Lipinski definition) is 4. The highest BCUT2D eigenvalue weighted by Crippen LogP contribution is 2.13. The van der Waals surface area contributed by atoms with Gasteiger partial charge in [0, 0.05) is 24.6 Å². The molecule has 2 aromatic rings. The van der Waals surface area contributed by atoms with Crippen LogP contribution in [0.1, 0.15) is 11.1 Å². The fraction of sp³-hybridized carbons (Fsp3) is 0.400. The summed E-state index contributed by atoms with van der Waals surface area (Å²) in [6, 6.07) is 8.25. The standard InChI is InChI=1S/C15H20N6S.HI/c16-15(20-5-7-22-8-6-20)18-9-13-3-1-2-4-14(13)10-21-12-17-11-19-21;/h1-4,11-12H,5-10H2,(H2,16,18);1H. The van der Waals surface area contributed by atoms with Gasteiger partial charge >= 0.3 is 0 Å². The van der Waals surface area contributed by atoms with Gasteiger partial charge < -0.3 is 10.6 Å². The summed E-state index contributed by atoms with van der Waals surface area (Å²) in [6.45, 7) is 3.27. The minimum absolute atomic E-state index is 0. The molecular weight excluding hydrogens is 423 g/mol. The molecule has 8 heteroatoms. The first-order valence-corrected chi connectivity index (χ1v) is 8.50. The van der Waals surface area contributed by atoms with Crippen LogP contribution >= 0.6 is 35.7 Å². The lowest BCUT2D eigenvalue weighted by Gasteiger charge is -2.27. The van der Waals surface area contributed by atoms with Crippen LogP contribution in [-0.2, 0) is 13.1 Å². The van der Waals surface area contributed by atoms with Crippen LogP contribution in [0.2, 0.25) is 0 Å². The van der Waals surface area contributed by atoms with E-state index in [2.05, 4.69) is 32.1 Å². The minimum Gasteiger partial charge on any atom is -0.370 e. The van der Waals surface area contributed by atoms with E-state index in [1.54, 1.807) is 12.7 Å². The summed E-state index contributed by atoms with van der Waals surface area (Å²) >= 11 is 1.97. The zero-order valence-corrected chi connectivity index (χ0v) is 16.0. The van der Waals surface area contributed by atoms with Crippen LogP contribution in [0.25, 0.3) is 0 Å². The average Bonchev–Trinajstić information content (AvgIpc) is 3.07. The molecule has 0 atom stereocenters. The van der Waals surface area contributed by atoms with Crippen molar-refractivity contribution in [3.8, 4) is 0 Å². The highest BCUT2D eigenvalue weighted by Gasteiger charge is 2.12. The summed E-state index contributed by atoms with van der Waals surface area (Å²) in [5, 5.41) is 4.16. The number of thioether (sulfide) groups is 1. The van der Waals surface area contributed by atoms with E-state index < -0.39 is 0 Å². The molecule has 0 unspecified atom stereocenters. The lowest BCUT2D eigenvalue weighted by Crippen LogP contribution is -2.42. The van der Waals surface area contributed by atoms with Crippen molar-refractivity contribution < 1.29 is 0 Å². The van der Waals surface area contributed by atoms with Crippen LogP contribution in [0.5, 0.6) is 0 Å². The van der Waals surface area contributed by atoms with Crippen molar-refractivity contribution >= 4 is 41.7 Å². The molecule has 124 valence electrons. The summed E-state index contributed by atoms with van der Waals surface area (Å²) < 4.78 is 1.81. The molecule has 0 spiro atoms. The molecule has 2 N–H and O–H groups in total. The van der Waals surface area contributed by atoms with E-state index >= 15 is 0 Å². The lowest BCUT2D eigenvalue weighted by molar-refractivity contribution is 0.455. The van der Waals surface area contributed by atoms with Gasteiger partial charge in [-0.2, -0.15) is 16.9 Å². The van der Waals surface area contributed by atoms with Gasteiger partial charge in [-0.25, -0.2) is 14.7 Å². The van der Waals surface area contributed by atoms with E-state index in [1.807, 2.05) is 28.6 Å². The van der Waals surface area contributed by atoms with Crippen molar-refractivity contribution in [2.24, 2.45) is 10.7 Å². The molecule has 0 radical (unpaired) electrons. The van der Waals surface area contributed by atoms with Gasteiger partial charge in [-0.3, -0.25) is 0 Å². The topological polar surface area (TPSA) is 72.3 Å². The normalized spacial score (nSPS) is 15.3. The molecule has 0 saturated carbocycles. The molecule has 2 heterocycles. The van der Waals surface area contributed by atoms with Gasteiger partial charge in [0.1, 0.15) is 12.7 Å². The lowest BCUT2D eigenvalue weighted by atomic mass is 10.1. The smallest absolute Gasteiger partial charge is 0.191 e. The van der Waals surface area contributed by atoms with Crippen molar-refractivity contribution in [2.75, 3.05) is 24.6 Å². The van der Waals surface area contributed by atoms with Crippen LogP contribution in [0.15, 0.2) is 41.9 Å². The number of aliphatic imine (C=N–C) groups is 1. The summed E-state index contributed by atoms with van der Waals surface area (Å²) in [6.07, 6.45) is 3.27. The molecule has 1 saturated heterocycles. The summed E-state index contributed by atoms with van der Waals surface area (Å²) in [5.41, 5.74) is 8.49. The predicted octanol–water partition coefficient (Wildman–Crippen LogP) is 1.81. The number of aromatic nitrogens is 3. The molecule has 1 aromatic heterocycles. The zero-order valence-electron chi connectivity index (χ0n) is 12.8. The van der Waals surface area contributed by atoms with Gasteiger partial charge in [-0.1, -0.05) is 24.3 Å². The maximum absolute atomic E-state index is 6.12. The molecule has 0 aliphatic carbocycles. The second kappa shape index (κ2) is 9.11. The molecule has 0 amide bonds. The van der Waals surface area contributed by atoms with E-state index in [9.17, 15) is 0 Å². The first-order chi connectivity index (χ1) is 10.8. The summed E-state index contributed by atoms with van der Waals surface area (Å²) in [7, 11) is 0. The molecule has 1 aromatic carbocycles. The maximum atomic E-state index is 6.12. The Labute approximate surface area is 157 Å². The molecule has 6 nitrogen and oxygen atoms in total. The Morgan fingerprint density at radius 2 is 1.96 bits per heavy atom. The number of rotatable bonds is 4. The molecule has 1 fully saturated rings. The Morgan fingerprint density at radius 3 is 2.65 bits per heavy atom. The number of nitrogens with two attached hydrogens (primary N) is 1. The van der Waals surface area contributed by atoms with Crippen molar-refractivity contribution in [2.45, 2.75) is 13.1 Å². The van der Waals surface area contributed by atoms with E-state index in [1.165, 1.54) is 11.1 Å². The molecule has 1 aliphatic heterocycles. The van der Waals surface area contributed by atoms with Gasteiger partial charge in [0.2, 0.25) is 0 Å². The predicted molar refractivity (Wildman–Crippen MR) is 105 cm³/mol. The number of hydrogen-bond donors (Lipinski definition) is 1. The van der Waals surface area contributed by atoms with Crippen LogP contribution in [0.3, 0.4) is 0 Å². The summed E-state index contributed by atoms with van der Waals surface area (Å²) in [5.74, 6) is 2.90. The molecule has 1 aliphatic rings. The fourth-order valence-electron chi connectivity index (χ4n) is 2.41. The number of benzene rings is 1. The van der Waals surface area contributed by atoms with Crippen molar-refractivity contribution in [3.05, 3.63) is 48.0 Å². The molecular formula is C15H21IN6S. The van der Waals surface area contributed by atoms with E-state index in [-0.39, 0.29) is 24.0 Å². The molecule has 0 bridgehead atoms. The van der Waals surface area contributed by atoms with Crippen molar-refractivity contribution in [1.29, 1.82) is 0 Å². The number of nitrogens with zero attached hydrogens (tertiary/aromatic N) is 5. The first kappa shape index (κ1) is 18.1. The second-order valence-electron chi connectivity index (χ2n) is 5.14. The van der Waals surface area contributed by atoms with Crippen LogP contribution in [0, 0.1) is 0 Å². The van der Waals surface area contributed by atoms with Crippen LogP contribution < -0.4 is 5.73 Å². The quantitative estimate of drug-likeness (QED) is 0.443. The largest absolute Gasteiger partial charge is 0.370 e. The monoisotopic (exact) mass is 444 g/mol. The Balaban J connectivity index is 0.00000192. The van der Waals surface area contributed by atoms with E-state index in [0.717, 1.165) is 24.6 Å². The highest BCUT2D eigenvalue weighted by atomic mass is 127. The van der Waals surface area contributed by atoms with Crippen molar-refractivity contribution in [3.63, 3.8) is 0 Å². The van der Waals surface area contributed by atoms with E-state index in [0.29, 0.717) is 19.0 Å². The average molecular weight is 444 g/mol. The highest BCUT2D eigenvalue weighted by molar-refractivity contribution is 14.0. The SMILES string of the molecule is I.NC(=NCc1ccccc1Cn1cncn1)N1CCSCC1. The van der Waals surface area contributed by atoms with Crippen LogP contribution in [-0.4, -0.2) is 50.2 Å². The molecule has 3 rings (SSSR count). The van der Waals surface area contributed by atoms with Gasteiger partial charge in [0.25, 0.3) is 0 Å². The zero-order chi connectivity index (χ0) is 15.2. The number of halogens is 1. The number of guanidine groups is 1. The Kier molecular flexibility index (Phi) is 7.15. The van der Waals surface area contributed by atoms with E-state index in [4.69, 9.17) is 5.73 Å². The fourth-order valence-corrected chi connectivity index (χ4v) is 3.32. The second-order valence-corrected chi connectivity index (χ2v) is 6.36. The third-order valence-corrected chi connectivity index (χ3v) is 4.61. The Hall–Kier alpha value is -1.29. The Morgan fingerprint density at radius 1 is 1.22 bits per heavy atom.